The number of ether oxygens (including phenoxy) is 2. The molecule has 0 radical (unpaired) electrons. The number of methoxy groups -OCH3 is 1. The molecule has 0 saturated carbocycles. The number of hydrogen-bond donors (Lipinski definition) is 2. The van der Waals surface area contributed by atoms with Crippen LogP contribution in [-0.2, 0) is 30.3 Å². The minimum Gasteiger partial charge on any atom is -0.361 e. The summed E-state index contributed by atoms with van der Waals surface area (Å²) in [5, 5.41) is 4.33. The standard InChI is InChI=1S/C33H43N5O5/c1-18(2)13-26-30(40)37-12-8-11-27(37)33(42-6)38(26)31(41)32(43-33,19(3)4)35-29(39)21-14-23-22-9-7-10-24-28(22)20(16-34-24)15-25(23)36(5)17-21/h7,9-10,14,16,18-19,21,25-27,34H,8,11-13,15,17H2,1-6H3,(H,35,39)/t21-,25?,26?,27-,32+,33?/m0/s1. The number of amides is 3. The van der Waals surface area contributed by atoms with Gasteiger partial charge in [-0.15, -0.1) is 0 Å². The molecule has 3 saturated heterocycles. The van der Waals surface area contributed by atoms with Crippen LogP contribution in [-0.4, -0.2) is 94.4 Å². The van der Waals surface area contributed by atoms with E-state index < -0.39 is 41.5 Å². The molecule has 43 heavy (non-hydrogen) atoms. The monoisotopic (exact) mass is 589 g/mol. The fourth-order valence-corrected chi connectivity index (χ4v) is 8.35. The Morgan fingerprint density at radius 2 is 2.02 bits per heavy atom. The van der Waals surface area contributed by atoms with Crippen molar-refractivity contribution in [1.29, 1.82) is 0 Å². The second-order valence-electron chi connectivity index (χ2n) is 13.8. The molecule has 230 valence electrons. The van der Waals surface area contributed by atoms with Crippen molar-refractivity contribution in [3.05, 3.63) is 41.6 Å². The molecule has 3 unspecified atom stereocenters. The van der Waals surface area contributed by atoms with Gasteiger partial charge in [-0.2, -0.15) is 0 Å². The average molecular weight is 590 g/mol. The number of carbonyl (C=O) groups excluding carboxylic acids is 3. The van der Waals surface area contributed by atoms with E-state index in [0.717, 1.165) is 29.5 Å². The Hall–Kier alpha value is -3.21. The van der Waals surface area contributed by atoms with Gasteiger partial charge in [0.05, 0.1) is 5.92 Å². The van der Waals surface area contributed by atoms with Crippen LogP contribution in [0, 0.1) is 17.8 Å². The van der Waals surface area contributed by atoms with E-state index in [9.17, 15) is 14.4 Å². The summed E-state index contributed by atoms with van der Waals surface area (Å²) in [5.41, 5.74) is 3.00. The molecule has 10 heteroatoms. The number of aromatic nitrogens is 1. The summed E-state index contributed by atoms with van der Waals surface area (Å²) in [4.78, 5) is 51.7. The summed E-state index contributed by atoms with van der Waals surface area (Å²) in [6, 6.07) is 5.27. The van der Waals surface area contributed by atoms with E-state index in [1.165, 1.54) is 18.1 Å². The smallest absolute Gasteiger partial charge is 0.281 e. The van der Waals surface area contributed by atoms with Crippen molar-refractivity contribution in [2.75, 3.05) is 27.2 Å². The summed E-state index contributed by atoms with van der Waals surface area (Å²) in [7, 11) is 3.60. The lowest BCUT2D eigenvalue weighted by Crippen LogP contribution is -2.72. The number of likely N-dealkylation sites (N-methyl/N-ethyl adjacent to an activating group) is 1. The average Bonchev–Trinajstić information content (AvgIpc) is 3.69. The molecule has 7 rings (SSSR count). The maximum Gasteiger partial charge on any atom is 0.281 e. The lowest BCUT2D eigenvalue weighted by atomic mass is 9.79. The molecule has 10 nitrogen and oxygen atoms in total. The Morgan fingerprint density at radius 3 is 2.74 bits per heavy atom. The highest BCUT2D eigenvalue weighted by Gasteiger charge is 2.72. The Morgan fingerprint density at radius 1 is 1.23 bits per heavy atom. The summed E-state index contributed by atoms with van der Waals surface area (Å²) in [5.74, 6) is -2.95. The number of fused-ring (bicyclic) bond motifs is 5. The van der Waals surface area contributed by atoms with Gasteiger partial charge in [0.25, 0.3) is 11.8 Å². The first kappa shape index (κ1) is 28.6. The predicted octanol–water partition coefficient (Wildman–Crippen LogP) is 3.08. The summed E-state index contributed by atoms with van der Waals surface area (Å²) in [6.07, 6.45) is 7.00. The molecule has 5 heterocycles. The number of hydrogen-bond acceptors (Lipinski definition) is 6. The van der Waals surface area contributed by atoms with Gasteiger partial charge in [0.1, 0.15) is 12.1 Å². The lowest BCUT2D eigenvalue weighted by molar-refractivity contribution is -0.333. The van der Waals surface area contributed by atoms with Crippen molar-refractivity contribution in [2.45, 2.75) is 83.1 Å². The van der Waals surface area contributed by atoms with E-state index in [1.807, 2.05) is 38.7 Å². The quantitative estimate of drug-likeness (QED) is 0.537. The van der Waals surface area contributed by atoms with E-state index in [-0.39, 0.29) is 23.8 Å². The normalized spacial score (nSPS) is 33.7. The van der Waals surface area contributed by atoms with Crippen molar-refractivity contribution >= 4 is 34.2 Å². The lowest BCUT2D eigenvalue weighted by Gasteiger charge is -2.51. The molecular weight excluding hydrogens is 546 g/mol. The third-order valence-electron chi connectivity index (χ3n) is 10.4. The van der Waals surface area contributed by atoms with Crippen LogP contribution in [0.4, 0.5) is 0 Å². The number of nitrogens with one attached hydrogen (secondary N) is 2. The Kier molecular flexibility index (Phi) is 6.58. The molecule has 0 bridgehead atoms. The van der Waals surface area contributed by atoms with Gasteiger partial charge >= 0.3 is 0 Å². The van der Waals surface area contributed by atoms with Gasteiger partial charge in [-0.25, -0.2) is 0 Å². The van der Waals surface area contributed by atoms with E-state index in [0.29, 0.717) is 25.9 Å². The van der Waals surface area contributed by atoms with Crippen LogP contribution in [0.3, 0.4) is 0 Å². The van der Waals surface area contributed by atoms with Crippen LogP contribution >= 0.6 is 0 Å². The first-order chi connectivity index (χ1) is 20.5. The van der Waals surface area contributed by atoms with Crippen LogP contribution in [0.5, 0.6) is 0 Å². The number of H-pyrrole nitrogens is 1. The number of carbonyl (C=O) groups is 3. The number of benzene rings is 1. The molecule has 3 fully saturated rings. The molecule has 2 N–H and O–H groups in total. The van der Waals surface area contributed by atoms with E-state index in [2.05, 4.69) is 46.7 Å². The first-order valence-corrected chi connectivity index (χ1v) is 15.7. The highest BCUT2D eigenvalue weighted by molar-refractivity contribution is 6.01. The summed E-state index contributed by atoms with van der Waals surface area (Å²) < 4.78 is 12.9. The van der Waals surface area contributed by atoms with Crippen molar-refractivity contribution in [3.8, 4) is 0 Å². The van der Waals surface area contributed by atoms with Gasteiger partial charge in [0.2, 0.25) is 17.5 Å². The molecule has 0 spiro atoms. The molecule has 3 amide bonds. The molecule has 1 aromatic carbocycles. The van der Waals surface area contributed by atoms with Gasteiger partial charge < -0.3 is 19.9 Å². The van der Waals surface area contributed by atoms with Gasteiger partial charge in [0.15, 0.2) is 0 Å². The molecule has 1 aliphatic carbocycles. The maximum absolute atomic E-state index is 14.6. The van der Waals surface area contributed by atoms with Crippen LogP contribution in [0.15, 0.2) is 30.5 Å². The zero-order chi connectivity index (χ0) is 30.4. The minimum absolute atomic E-state index is 0.0630. The largest absolute Gasteiger partial charge is 0.361 e. The van der Waals surface area contributed by atoms with Crippen molar-refractivity contribution < 1.29 is 23.9 Å². The Balaban J connectivity index is 1.26. The first-order valence-electron chi connectivity index (χ1n) is 15.7. The Bertz CT molecular complexity index is 1530. The molecule has 5 aliphatic rings. The molecule has 1 aromatic heterocycles. The van der Waals surface area contributed by atoms with Gasteiger partial charge in [0, 0.05) is 49.3 Å². The van der Waals surface area contributed by atoms with Crippen LogP contribution in [0.2, 0.25) is 0 Å². The zero-order valence-corrected chi connectivity index (χ0v) is 26.0. The molecular formula is C33H43N5O5. The minimum atomic E-state index is -1.67. The molecule has 6 atom stereocenters. The maximum atomic E-state index is 14.6. The third-order valence-corrected chi connectivity index (χ3v) is 10.4. The second-order valence-corrected chi connectivity index (χ2v) is 13.8. The van der Waals surface area contributed by atoms with Crippen LogP contribution < -0.4 is 5.32 Å². The van der Waals surface area contributed by atoms with Gasteiger partial charge in [-0.05, 0) is 61.4 Å². The Labute approximate surface area is 252 Å². The van der Waals surface area contributed by atoms with E-state index in [4.69, 9.17) is 9.47 Å². The van der Waals surface area contributed by atoms with Crippen molar-refractivity contribution in [1.82, 2.24) is 25.0 Å². The third kappa shape index (κ3) is 3.92. The van der Waals surface area contributed by atoms with Gasteiger partial charge in [-0.1, -0.05) is 45.9 Å². The van der Waals surface area contributed by atoms with Crippen LogP contribution in [0.25, 0.3) is 16.5 Å². The summed E-state index contributed by atoms with van der Waals surface area (Å²) >= 11 is 0. The predicted molar refractivity (Wildman–Crippen MR) is 161 cm³/mol. The van der Waals surface area contributed by atoms with Crippen LogP contribution in [0.1, 0.15) is 58.1 Å². The van der Waals surface area contributed by atoms with E-state index in [1.54, 1.807) is 4.90 Å². The molecule has 4 aliphatic heterocycles. The second kappa shape index (κ2) is 9.90. The zero-order valence-electron chi connectivity index (χ0n) is 26.0. The van der Waals surface area contributed by atoms with Crippen molar-refractivity contribution in [3.63, 3.8) is 0 Å². The highest BCUT2D eigenvalue weighted by atomic mass is 16.8. The fraction of sp³-hybridized carbons (Fsp3) is 0.606. The van der Waals surface area contributed by atoms with E-state index >= 15 is 0 Å². The molecule has 2 aromatic rings. The van der Waals surface area contributed by atoms with Gasteiger partial charge in [-0.3, -0.25) is 28.9 Å². The number of piperazine rings is 1. The SMILES string of the molecule is COC12O[C@](NC(=O)[C@H]3C=C4c5cccc6[nH]cc(c56)CC4N(C)C3)(C(C)C)C(=O)N1C(CC(C)C)C(=O)N1CCC[C@H]12. The van der Waals surface area contributed by atoms with Crippen molar-refractivity contribution in [2.24, 2.45) is 17.8 Å². The fourth-order valence-electron chi connectivity index (χ4n) is 8.35. The number of rotatable bonds is 6. The number of aromatic amines is 1. The number of nitrogens with zero attached hydrogens (tertiary/aromatic N) is 3. The highest BCUT2D eigenvalue weighted by Crippen LogP contribution is 2.50. The topological polar surface area (TPSA) is 107 Å². The summed E-state index contributed by atoms with van der Waals surface area (Å²) in [6.45, 7) is 8.96.